The molecule has 1 aromatic heterocycles. The summed E-state index contributed by atoms with van der Waals surface area (Å²) >= 11 is 6.85. The number of benzene rings is 1. The van der Waals surface area contributed by atoms with Gasteiger partial charge in [0.25, 0.3) is 0 Å². The fourth-order valence-corrected chi connectivity index (χ4v) is 4.18. The maximum absolute atomic E-state index is 12.4. The van der Waals surface area contributed by atoms with Crippen LogP contribution in [0.3, 0.4) is 0 Å². The van der Waals surface area contributed by atoms with Crippen LogP contribution in [-0.2, 0) is 25.5 Å². The molecule has 0 saturated carbocycles. The Bertz CT molecular complexity index is 961. The molecule has 3 rings (SSSR count). The van der Waals surface area contributed by atoms with E-state index in [2.05, 4.69) is 10.6 Å². The number of ether oxygens (including phenoxy) is 1. The van der Waals surface area contributed by atoms with Crippen molar-refractivity contribution in [1.82, 2.24) is 15.5 Å². The summed E-state index contributed by atoms with van der Waals surface area (Å²) in [5.74, 6) is -1.18. The maximum Gasteiger partial charge on any atom is 0.308 e. The van der Waals surface area contributed by atoms with Gasteiger partial charge in [-0.05, 0) is 48.1 Å². The second kappa shape index (κ2) is 12.1. The van der Waals surface area contributed by atoms with Gasteiger partial charge in [0, 0.05) is 24.0 Å². The molecule has 2 heterocycles. The lowest BCUT2D eigenvalue weighted by molar-refractivity contribution is -0.147. The first-order valence-electron chi connectivity index (χ1n) is 10.3. The normalized spacial score (nSPS) is 15.9. The number of carbonyl (C=O) groups is 3. The van der Waals surface area contributed by atoms with Crippen molar-refractivity contribution in [3.8, 4) is 0 Å². The molecule has 7 nitrogen and oxygen atoms in total. The maximum atomic E-state index is 12.4. The van der Waals surface area contributed by atoms with E-state index in [9.17, 15) is 14.4 Å². The van der Waals surface area contributed by atoms with Crippen LogP contribution in [-0.4, -0.2) is 53.5 Å². The molecular weight excluding hydrogens is 446 g/mol. The van der Waals surface area contributed by atoms with Gasteiger partial charge >= 0.3 is 5.97 Å². The van der Waals surface area contributed by atoms with Gasteiger partial charge < -0.3 is 15.0 Å². The van der Waals surface area contributed by atoms with Crippen LogP contribution in [0, 0.1) is 0 Å². The first-order valence-corrected chi connectivity index (χ1v) is 11.6. The fourth-order valence-electron chi connectivity index (χ4n) is 3.25. The number of nitrogens with zero attached hydrogens (tertiary/aromatic N) is 1. The van der Waals surface area contributed by atoms with Gasteiger partial charge in [0.2, 0.25) is 11.8 Å². The van der Waals surface area contributed by atoms with Crippen molar-refractivity contribution >= 4 is 52.5 Å². The van der Waals surface area contributed by atoms with Gasteiger partial charge in [-0.3, -0.25) is 19.7 Å². The molecule has 9 heteroatoms. The second-order valence-corrected chi connectivity index (χ2v) is 8.52. The lowest BCUT2D eigenvalue weighted by Gasteiger charge is -2.36. The van der Waals surface area contributed by atoms with Gasteiger partial charge in [0.15, 0.2) is 5.11 Å². The minimum absolute atomic E-state index is 0.113. The van der Waals surface area contributed by atoms with Gasteiger partial charge in [0.1, 0.15) is 6.04 Å². The Morgan fingerprint density at radius 1 is 1.25 bits per heavy atom. The van der Waals surface area contributed by atoms with Crippen LogP contribution in [0.5, 0.6) is 0 Å². The number of nitrogens with one attached hydrogen (secondary N) is 2. The Kier molecular flexibility index (Phi) is 8.94. The summed E-state index contributed by atoms with van der Waals surface area (Å²) in [5, 5.41) is 7.38. The molecule has 168 valence electrons. The van der Waals surface area contributed by atoms with Crippen molar-refractivity contribution in [2.24, 2.45) is 0 Å². The minimum atomic E-state index is -0.820. The zero-order chi connectivity index (χ0) is 22.8. The van der Waals surface area contributed by atoms with Crippen LogP contribution >= 0.6 is 23.6 Å². The van der Waals surface area contributed by atoms with Crippen LogP contribution in [0.25, 0.3) is 6.08 Å². The van der Waals surface area contributed by atoms with Crippen LogP contribution in [0.15, 0.2) is 53.9 Å². The van der Waals surface area contributed by atoms with Crippen LogP contribution in [0.1, 0.15) is 23.3 Å². The van der Waals surface area contributed by atoms with E-state index in [1.54, 1.807) is 11.0 Å². The molecular formula is C23H25N3O4S2. The SMILES string of the molecule is O=C(/C=C/c1cccs1)NC(=S)N1CCNC(=O)C1CC(=O)OCCCc1ccccc1. The lowest BCUT2D eigenvalue weighted by Crippen LogP contribution is -2.60. The fraction of sp³-hybridized carbons (Fsp3) is 0.304. The minimum Gasteiger partial charge on any atom is -0.466 e. The highest BCUT2D eigenvalue weighted by Crippen LogP contribution is 2.12. The first kappa shape index (κ1) is 23.6. The molecule has 0 bridgehead atoms. The van der Waals surface area contributed by atoms with Crippen LogP contribution in [0.4, 0.5) is 0 Å². The monoisotopic (exact) mass is 471 g/mol. The molecule has 0 aliphatic carbocycles. The molecule has 1 saturated heterocycles. The number of esters is 1. The summed E-state index contributed by atoms with van der Waals surface area (Å²) in [4.78, 5) is 39.4. The molecule has 1 aromatic carbocycles. The highest BCUT2D eigenvalue weighted by molar-refractivity contribution is 7.80. The lowest BCUT2D eigenvalue weighted by atomic mass is 10.1. The third kappa shape index (κ3) is 7.28. The van der Waals surface area contributed by atoms with Crippen molar-refractivity contribution in [2.45, 2.75) is 25.3 Å². The Balaban J connectivity index is 1.48. The first-order chi connectivity index (χ1) is 15.5. The Labute approximate surface area is 196 Å². The third-order valence-electron chi connectivity index (χ3n) is 4.84. The van der Waals surface area contributed by atoms with Gasteiger partial charge in [-0.1, -0.05) is 36.4 Å². The van der Waals surface area contributed by atoms with E-state index in [1.165, 1.54) is 23.0 Å². The van der Waals surface area contributed by atoms with Gasteiger partial charge in [-0.25, -0.2) is 0 Å². The highest BCUT2D eigenvalue weighted by atomic mass is 32.1. The summed E-state index contributed by atoms with van der Waals surface area (Å²) in [6, 6.07) is 12.9. The van der Waals surface area contributed by atoms with E-state index in [1.807, 2.05) is 47.8 Å². The van der Waals surface area contributed by atoms with Crippen LogP contribution in [0.2, 0.25) is 0 Å². The van der Waals surface area contributed by atoms with E-state index in [0.717, 1.165) is 11.3 Å². The molecule has 32 heavy (non-hydrogen) atoms. The standard InChI is InChI=1S/C23H25N3O4S2/c27-20(11-10-18-9-5-15-32-18)25-23(31)26-13-12-24-22(29)19(26)16-21(28)30-14-4-8-17-6-2-1-3-7-17/h1-3,5-7,9-11,15,19H,4,8,12-14,16H2,(H,24,29)(H,25,27,31)/b11-10+. The van der Waals surface area contributed by atoms with Crippen molar-refractivity contribution in [2.75, 3.05) is 19.7 Å². The molecule has 0 radical (unpaired) electrons. The average molecular weight is 472 g/mol. The van der Waals surface area contributed by atoms with E-state index < -0.39 is 17.9 Å². The van der Waals surface area contributed by atoms with E-state index in [0.29, 0.717) is 19.5 Å². The third-order valence-corrected chi connectivity index (χ3v) is 6.01. The summed E-state index contributed by atoms with van der Waals surface area (Å²) in [6.45, 7) is 1.05. The zero-order valence-electron chi connectivity index (χ0n) is 17.5. The Morgan fingerprint density at radius 2 is 2.06 bits per heavy atom. The summed E-state index contributed by atoms with van der Waals surface area (Å²) in [7, 11) is 0. The number of carbonyl (C=O) groups excluding carboxylic acids is 3. The molecule has 2 aromatic rings. The van der Waals surface area contributed by atoms with Crippen molar-refractivity contribution < 1.29 is 19.1 Å². The van der Waals surface area contributed by atoms with Crippen molar-refractivity contribution in [1.29, 1.82) is 0 Å². The van der Waals surface area contributed by atoms with Crippen molar-refractivity contribution in [3.05, 3.63) is 64.4 Å². The molecule has 2 N–H and O–H groups in total. The Morgan fingerprint density at radius 3 is 2.81 bits per heavy atom. The van der Waals surface area contributed by atoms with E-state index in [-0.39, 0.29) is 24.0 Å². The number of aryl methyl sites for hydroxylation is 1. The number of hydrogen-bond acceptors (Lipinski definition) is 6. The molecule has 1 aliphatic heterocycles. The topological polar surface area (TPSA) is 87.7 Å². The highest BCUT2D eigenvalue weighted by Gasteiger charge is 2.34. The number of amides is 2. The molecule has 2 amide bonds. The van der Waals surface area contributed by atoms with Crippen LogP contribution < -0.4 is 10.6 Å². The smallest absolute Gasteiger partial charge is 0.308 e. The Hall–Kier alpha value is -3.04. The second-order valence-electron chi connectivity index (χ2n) is 7.16. The molecule has 1 atom stereocenters. The number of piperazine rings is 1. The largest absolute Gasteiger partial charge is 0.466 e. The number of rotatable bonds is 8. The molecule has 1 fully saturated rings. The van der Waals surface area contributed by atoms with Gasteiger partial charge in [-0.15, -0.1) is 11.3 Å². The summed E-state index contributed by atoms with van der Waals surface area (Å²) in [5.41, 5.74) is 1.18. The van der Waals surface area contributed by atoms with E-state index in [4.69, 9.17) is 17.0 Å². The molecule has 1 aliphatic rings. The quantitative estimate of drug-likeness (QED) is 0.266. The van der Waals surface area contributed by atoms with E-state index >= 15 is 0 Å². The number of thiocarbonyl (C=S) groups is 1. The summed E-state index contributed by atoms with van der Waals surface area (Å²) in [6.07, 6.45) is 4.44. The predicted molar refractivity (Wildman–Crippen MR) is 128 cm³/mol. The molecule has 1 unspecified atom stereocenters. The zero-order valence-corrected chi connectivity index (χ0v) is 19.1. The average Bonchev–Trinajstić information content (AvgIpc) is 3.31. The van der Waals surface area contributed by atoms with Gasteiger partial charge in [0.05, 0.1) is 13.0 Å². The number of thiophene rings is 1. The number of hydrogen-bond donors (Lipinski definition) is 2. The molecule has 0 spiro atoms. The van der Waals surface area contributed by atoms with Crippen molar-refractivity contribution in [3.63, 3.8) is 0 Å². The predicted octanol–water partition coefficient (Wildman–Crippen LogP) is 2.53. The van der Waals surface area contributed by atoms with Gasteiger partial charge in [-0.2, -0.15) is 0 Å². The summed E-state index contributed by atoms with van der Waals surface area (Å²) < 4.78 is 5.32.